The predicted molar refractivity (Wildman–Crippen MR) is 100 cm³/mol. The Hall–Kier alpha value is -2.66. The van der Waals surface area contributed by atoms with Crippen LogP contribution in [0.1, 0.15) is 35.7 Å². The number of ether oxygens (including phenoxy) is 1. The molecular weight excluding hydrogens is 330 g/mol. The molecule has 0 atom stereocenters. The topological polar surface area (TPSA) is 66.8 Å². The third kappa shape index (κ3) is 5.70. The van der Waals surface area contributed by atoms with Gasteiger partial charge in [-0.2, -0.15) is 0 Å². The van der Waals surface area contributed by atoms with Gasteiger partial charge in [-0.3, -0.25) is 9.59 Å². The van der Waals surface area contributed by atoms with Crippen molar-refractivity contribution >= 4 is 11.7 Å². The summed E-state index contributed by atoms with van der Waals surface area (Å²) in [6.45, 7) is 2.83. The first-order valence-electron chi connectivity index (χ1n) is 8.87. The summed E-state index contributed by atoms with van der Waals surface area (Å²) in [6, 6.07) is 15.8. The summed E-state index contributed by atoms with van der Waals surface area (Å²) in [5, 5.41) is 9.08. The molecule has 26 heavy (non-hydrogen) atoms. The lowest BCUT2D eigenvalue weighted by Crippen LogP contribution is -2.37. The second kappa shape index (κ2) is 10.4. The second-order valence-electron chi connectivity index (χ2n) is 5.97. The summed E-state index contributed by atoms with van der Waals surface area (Å²) in [5.74, 6) is 0.321. The van der Waals surface area contributed by atoms with Crippen molar-refractivity contribution in [3.8, 4) is 5.75 Å². The molecule has 0 aliphatic carbocycles. The van der Waals surface area contributed by atoms with Crippen molar-refractivity contribution in [1.82, 2.24) is 4.90 Å². The largest absolute Gasteiger partial charge is 0.484 e. The monoisotopic (exact) mass is 355 g/mol. The highest BCUT2D eigenvalue weighted by Gasteiger charge is 2.13. The van der Waals surface area contributed by atoms with Crippen LogP contribution < -0.4 is 4.74 Å². The molecule has 1 amide bonds. The van der Waals surface area contributed by atoms with Crippen molar-refractivity contribution in [3.05, 3.63) is 65.7 Å². The number of aliphatic hydroxyl groups excluding tert-OH is 1. The van der Waals surface area contributed by atoms with Crippen molar-refractivity contribution in [2.45, 2.75) is 19.8 Å². The number of hydrogen-bond acceptors (Lipinski definition) is 4. The van der Waals surface area contributed by atoms with Crippen LogP contribution in [0.3, 0.4) is 0 Å². The normalized spacial score (nSPS) is 10.4. The Morgan fingerprint density at radius 3 is 2.23 bits per heavy atom. The van der Waals surface area contributed by atoms with Crippen molar-refractivity contribution in [2.75, 3.05) is 26.3 Å². The van der Waals surface area contributed by atoms with Gasteiger partial charge in [-0.15, -0.1) is 0 Å². The molecule has 2 rings (SSSR count). The van der Waals surface area contributed by atoms with E-state index >= 15 is 0 Å². The fourth-order valence-electron chi connectivity index (χ4n) is 2.53. The molecule has 1 N–H and O–H groups in total. The second-order valence-corrected chi connectivity index (χ2v) is 5.97. The molecule has 5 heteroatoms. The highest BCUT2D eigenvalue weighted by atomic mass is 16.5. The first-order chi connectivity index (χ1) is 12.7. The van der Waals surface area contributed by atoms with Gasteiger partial charge in [0.1, 0.15) is 5.75 Å². The number of nitrogens with zero attached hydrogens (tertiary/aromatic N) is 1. The number of carbonyl (C=O) groups excluding carboxylic acids is 2. The summed E-state index contributed by atoms with van der Waals surface area (Å²) in [7, 11) is 0. The smallest absolute Gasteiger partial charge is 0.260 e. The fraction of sp³-hybridized carbons (Fsp3) is 0.333. The molecule has 0 saturated heterocycles. The van der Waals surface area contributed by atoms with Gasteiger partial charge in [-0.1, -0.05) is 43.7 Å². The molecular formula is C21H25NO4. The lowest BCUT2D eigenvalue weighted by atomic mass is 10.0. The summed E-state index contributed by atoms with van der Waals surface area (Å²) in [5.41, 5.74) is 1.20. The molecule has 0 bridgehead atoms. The number of carbonyl (C=O) groups is 2. The first-order valence-corrected chi connectivity index (χ1v) is 8.87. The number of amides is 1. The van der Waals surface area contributed by atoms with E-state index in [1.54, 1.807) is 41.3 Å². The van der Waals surface area contributed by atoms with Crippen molar-refractivity contribution in [1.29, 1.82) is 0 Å². The van der Waals surface area contributed by atoms with Crippen LogP contribution in [-0.2, 0) is 4.79 Å². The van der Waals surface area contributed by atoms with Gasteiger partial charge in [-0.05, 0) is 30.7 Å². The molecule has 0 radical (unpaired) electrons. The number of hydrogen-bond donors (Lipinski definition) is 1. The maximum atomic E-state index is 12.4. The van der Waals surface area contributed by atoms with Crippen LogP contribution in [0.2, 0.25) is 0 Å². The molecule has 0 heterocycles. The molecule has 0 aliphatic rings. The molecule has 0 saturated carbocycles. The van der Waals surface area contributed by atoms with Crippen molar-refractivity contribution < 1.29 is 19.4 Å². The minimum absolute atomic E-state index is 0.0538. The van der Waals surface area contributed by atoms with Crippen LogP contribution in [0.5, 0.6) is 5.75 Å². The zero-order chi connectivity index (χ0) is 18.8. The van der Waals surface area contributed by atoms with E-state index in [9.17, 15) is 9.59 Å². The zero-order valence-electron chi connectivity index (χ0n) is 15.1. The summed E-state index contributed by atoms with van der Waals surface area (Å²) in [4.78, 5) is 26.2. The lowest BCUT2D eigenvalue weighted by molar-refractivity contribution is -0.134. The Labute approximate surface area is 154 Å². The van der Waals surface area contributed by atoms with Gasteiger partial charge in [0.05, 0.1) is 6.61 Å². The van der Waals surface area contributed by atoms with Crippen LogP contribution in [0, 0.1) is 0 Å². The van der Waals surface area contributed by atoms with Gasteiger partial charge >= 0.3 is 0 Å². The fourth-order valence-corrected chi connectivity index (χ4v) is 2.53. The predicted octanol–water partition coefficient (Wildman–Crippen LogP) is 2.92. The van der Waals surface area contributed by atoms with Gasteiger partial charge in [-0.25, -0.2) is 0 Å². The van der Waals surface area contributed by atoms with Crippen LogP contribution in [-0.4, -0.2) is 48.0 Å². The van der Waals surface area contributed by atoms with Crippen molar-refractivity contribution in [2.24, 2.45) is 0 Å². The van der Waals surface area contributed by atoms with Crippen molar-refractivity contribution in [3.63, 3.8) is 0 Å². The van der Waals surface area contributed by atoms with E-state index in [4.69, 9.17) is 9.84 Å². The maximum absolute atomic E-state index is 12.4. The first kappa shape index (κ1) is 19.7. The van der Waals surface area contributed by atoms with Crippen LogP contribution >= 0.6 is 0 Å². The van der Waals surface area contributed by atoms with Gasteiger partial charge in [0, 0.05) is 24.2 Å². The number of unbranched alkanes of at least 4 members (excludes halogenated alkanes) is 1. The minimum atomic E-state index is -0.156. The quantitative estimate of drug-likeness (QED) is 0.666. The van der Waals surface area contributed by atoms with E-state index in [2.05, 4.69) is 6.92 Å². The minimum Gasteiger partial charge on any atom is -0.484 e. The Kier molecular flexibility index (Phi) is 7.83. The molecule has 2 aromatic carbocycles. The molecule has 2 aromatic rings. The molecule has 0 fully saturated rings. The van der Waals surface area contributed by atoms with E-state index < -0.39 is 0 Å². The summed E-state index contributed by atoms with van der Waals surface area (Å²) in [6.07, 6.45) is 1.87. The van der Waals surface area contributed by atoms with E-state index in [0.717, 1.165) is 12.8 Å². The third-order valence-corrected chi connectivity index (χ3v) is 4.02. The molecule has 0 unspecified atom stereocenters. The average molecular weight is 355 g/mol. The average Bonchev–Trinajstić information content (AvgIpc) is 2.69. The molecule has 0 aliphatic heterocycles. The highest BCUT2D eigenvalue weighted by molar-refractivity contribution is 6.08. The van der Waals surface area contributed by atoms with E-state index in [0.29, 0.717) is 30.0 Å². The Balaban J connectivity index is 1.92. The van der Waals surface area contributed by atoms with Crippen LogP contribution in [0.4, 0.5) is 0 Å². The zero-order valence-corrected chi connectivity index (χ0v) is 15.1. The van der Waals surface area contributed by atoms with Crippen LogP contribution in [0.25, 0.3) is 0 Å². The Bertz CT molecular complexity index is 698. The van der Waals surface area contributed by atoms with Crippen LogP contribution in [0.15, 0.2) is 54.6 Å². The van der Waals surface area contributed by atoms with E-state index in [1.165, 1.54) is 0 Å². The Morgan fingerprint density at radius 2 is 1.62 bits per heavy atom. The number of aliphatic hydroxyl groups is 1. The molecule has 5 nitrogen and oxygen atoms in total. The SMILES string of the molecule is CCCCN(CCO)C(=O)COc1ccc(C(=O)c2ccccc2)cc1. The molecule has 138 valence electrons. The molecule has 0 spiro atoms. The third-order valence-electron chi connectivity index (χ3n) is 4.02. The van der Waals surface area contributed by atoms with E-state index in [1.807, 2.05) is 18.2 Å². The maximum Gasteiger partial charge on any atom is 0.260 e. The lowest BCUT2D eigenvalue weighted by Gasteiger charge is -2.21. The number of rotatable bonds is 10. The van der Waals surface area contributed by atoms with Gasteiger partial charge in [0.15, 0.2) is 12.4 Å². The van der Waals surface area contributed by atoms with E-state index in [-0.39, 0.29) is 24.9 Å². The van der Waals surface area contributed by atoms with Gasteiger partial charge < -0.3 is 14.7 Å². The summed E-state index contributed by atoms with van der Waals surface area (Å²) < 4.78 is 5.53. The number of ketones is 1. The standard InChI is InChI=1S/C21H25NO4/c1-2-3-13-22(14-15-23)20(24)16-26-19-11-9-18(10-12-19)21(25)17-7-5-4-6-8-17/h4-12,23H,2-3,13-16H2,1H3. The highest BCUT2D eigenvalue weighted by Crippen LogP contribution is 2.15. The molecule has 0 aromatic heterocycles. The van der Waals surface area contributed by atoms with Gasteiger partial charge in [0.2, 0.25) is 0 Å². The summed E-state index contributed by atoms with van der Waals surface area (Å²) >= 11 is 0. The van der Waals surface area contributed by atoms with Gasteiger partial charge in [0.25, 0.3) is 5.91 Å². The number of benzene rings is 2. The Morgan fingerprint density at radius 1 is 0.962 bits per heavy atom.